The van der Waals surface area contributed by atoms with Crippen LogP contribution in [0.4, 0.5) is 0 Å². The summed E-state index contributed by atoms with van der Waals surface area (Å²) in [6.07, 6.45) is 1.76. The Morgan fingerprint density at radius 3 is 2.73 bits per heavy atom. The highest BCUT2D eigenvalue weighted by Gasteiger charge is 2.31. The molecular formula is C17H18BrClN2O4S. The number of ether oxygens (including phenoxy) is 2. The predicted octanol–water partition coefficient (Wildman–Crippen LogP) is 3.97. The van der Waals surface area contributed by atoms with Gasteiger partial charge in [0.25, 0.3) is 5.91 Å². The summed E-state index contributed by atoms with van der Waals surface area (Å²) in [4.78, 5) is 30.3. The van der Waals surface area contributed by atoms with Gasteiger partial charge in [-0.2, -0.15) is 0 Å². The van der Waals surface area contributed by atoms with E-state index >= 15 is 0 Å². The van der Waals surface area contributed by atoms with Crippen molar-refractivity contribution >= 4 is 62.4 Å². The molecular weight excluding hydrogens is 444 g/mol. The lowest BCUT2D eigenvalue weighted by Gasteiger charge is -2.11. The summed E-state index contributed by atoms with van der Waals surface area (Å²) < 4.78 is 10.5. The molecule has 1 aliphatic rings. The molecule has 0 aromatic heterocycles. The largest absolute Gasteiger partial charge is 0.479 e. The van der Waals surface area contributed by atoms with Crippen LogP contribution in [-0.4, -0.2) is 48.8 Å². The molecule has 0 bridgehead atoms. The number of benzene rings is 1. The number of thioether (sulfide) groups is 1. The lowest BCUT2D eigenvalue weighted by Crippen LogP contribution is -2.28. The number of amides is 1. The number of hydrogen-bond donors (Lipinski definition) is 0. The van der Waals surface area contributed by atoms with Crippen LogP contribution in [0.3, 0.4) is 0 Å². The van der Waals surface area contributed by atoms with Crippen LogP contribution in [0.2, 0.25) is 5.02 Å². The molecule has 1 aromatic carbocycles. The van der Waals surface area contributed by atoms with Gasteiger partial charge in [0.05, 0.1) is 21.5 Å². The average Bonchev–Trinajstić information content (AvgIpc) is 2.89. The highest BCUT2D eigenvalue weighted by molar-refractivity contribution is 9.10. The van der Waals surface area contributed by atoms with E-state index in [4.69, 9.17) is 16.3 Å². The number of aliphatic imine (C=N–C) groups is 1. The van der Waals surface area contributed by atoms with Crippen LogP contribution in [-0.2, 0) is 14.3 Å². The van der Waals surface area contributed by atoms with E-state index in [0.717, 1.165) is 5.56 Å². The van der Waals surface area contributed by atoms with E-state index in [2.05, 4.69) is 25.7 Å². The second kappa shape index (κ2) is 9.43. The van der Waals surface area contributed by atoms with Gasteiger partial charge < -0.3 is 9.47 Å². The zero-order chi connectivity index (χ0) is 19.3. The maximum atomic E-state index is 12.5. The SMILES string of the molecule is CCN=C1S/C(=C/c2cc(Cl)c(OCC(=O)OC)c(Br)c2)C(=O)N1CC. The minimum atomic E-state index is -0.505. The van der Waals surface area contributed by atoms with Crippen molar-refractivity contribution in [2.45, 2.75) is 13.8 Å². The van der Waals surface area contributed by atoms with Gasteiger partial charge in [-0.05, 0) is 65.3 Å². The van der Waals surface area contributed by atoms with Crippen molar-refractivity contribution in [2.24, 2.45) is 4.99 Å². The van der Waals surface area contributed by atoms with E-state index in [1.54, 1.807) is 23.1 Å². The third-order valence-corrected chi connectivity index (χ3v) is 5.29. The summed E-state index contributed by atoms with van der Waals surface area (Å²) in [5.41, 5.74) is 0.733. The summed E-state index contributed by atoms with van der Waals surface area (Å²) in [5, 5.41) is 1.02. The first-order valence-electron chi connectivity index (χ1n) is 7.85. The molecule has 6 nitrogen and oxygen atoms in total. The lowest BCUT2D eigenvalue weighted by molar-refractivity contribution is -0.142. The number of likely N-dealkylation sites (N-methyl/N-ethyl adjacent to an activating group) is 1. The highest BCUT2D eigenvalue weighted by Crippen LogP contribution is 2.37. The number of methoxy groups -OCH3 is 1. The molecule has 1 amide bonds. The Morgan fingerprint density at radius 1 is 1.42 bits per heavy atom. The molecule has 1 aromatic rings. The van der Waals surface area contributed by atoms with Gasteiger partial charge in [0.2, 0.25) is 0 Å². The monoisotopic (exact) mass is 460 g/mol. The molecule has 1 fully saturated rings. The Balaban J connectivity index is 2.27. The topological polar surface area (TPSA) is 68.2 Å². The lowest BCUT2D eigenvalue weighted by atomic mass is 10.2. The number of esters is 1. The fraction of sp³-hybridized carbons (Fsp3) is 0.353. The zero-order valence-corrected chi connectivity index (χ0v) is 17.7. The van der Waals surface area contributed by atoms with Crippen LogP contribution in [0, 0.1) is 0 Å². The van der Waals surface area contributed by atoms with E-state index in [1.807, 2.05) is 13.8 Å². The second-order valence-electron chi connectivity index (χ2n) is 5.10. The Kier molecular flexibility index (Phi) is 7.55. The number of carbonyl (C=O) groups is 2. The first-order chi connectivity index (χ1) is 12.4. The van der Waals surface area contributed by atoms with Gasteiger partial charge in [-0.1, -0.05) is 11.6 Å². The van der Waals surface area contributed by atoms with Crippen molar-refractivity contribution in [3.63, 3.8) is 0 Å². The normalized spacial score (nSPS) is 17.3. The zero-order valence-electron chi connectivity index (χ0n) is 14.5. The number of nitrogens with zero attached hydrogens (tertiary/aromatic N) is 2. The molecule has 1 aliphatic heterocycles. The van der Waals surface area contributed by atoms with Crippen LogP contribution < -0.4 is 4.74 Å². The molecule has 26 heavy (non-hydrogen) atoms. The molecule has 9 heteroatoms. The summed E-state index contributed by atoms with van der Waals surface area (Å²) in [7, 11) is 1.28. The van der Waals surface area contributed by atoms with Gasteiger partial charge in [-0.25, -0.2) is 4.79 Å². The summed E-state index contributed by atoms with van der Waals surface area (Å²) in [5.74, 6) is -0.245. The molecule has 1 saturated heterocycles. The van der Waals surface area contributed by atoms with Gasteiger partial charge in [0.1, 0.15) is 0 Å². The quantitative estimate of drug-likeness (QED) is 0.474. The van der Waals surface area contributed by atoms with Gasteiger partial charge in [-0.3, -0.25) is 14.7 Å². The molecule has 0 spiro atoms. The number of amidine groups is 1. The summed E-state index contributed by atoms with van der Waals surface area (Å²) in [6.45, 7) is 4.77. The van der Waals surface area contributed by atoms with Crippen LogP contribution in [0.25, 0.3) is 6.08 Å². The fourth-order valence-corrected chi connectivity index (χ4v) is 4.28. The van der Waals surface area contributed by atoms with Gasteiger partial charge in [-0.15, -0.1) is 0 Å². The van der Waals surface area contributed by atoms with Crippen molar-refractivity contribution in [1.29, 1.82) is 0 Å². The van der Waals surface area contributed by atoms with E-state index in [1.165, 1.54) is 18.9 Å². The Bertz CT molecular complexity index is 759. The molecule has 140 valence electrons. The minimum absolute atomic E-state index is 0.0806. The Morgan fingerprint density at radius 2 is 2.15 bits per heavy atom. The van der Waals surface area contributed by atoms with E-state index in [0.29, 0.717) is 38.4 Å². The number of halogens is 2. The van der Waals surface area contributed by atoms with Crippen LogP contribution in [0.1, 0.15) is 19.4 Å². The first-order valence-corrected chi connectivity index (χ1v) is 9.84. The van der Waals surface area contributed by atoms with Crippen molar-refractivity contribution in [3.8, 4) is 5.75 Å². The highest BCUT2D eigenvalue weighted by atomic mass is 79.9. The van der Waals surface area contributed by atoms with E-state index in [-0.39, 0.29) is 12.5 Å². The van der Waals surface area contributed by atoms with Crippen LogP contribution in [0.5, 0.6) is 5.75 Å². The maximum absolute atomic E-state index is 12.5. The fourth-order valence-electron chi connectivity index (χ4n) is 2.18. The van der Waals surface area contributed by atoms with Crippen LogP contribution >= 0.6 is 39.3 Å². The number of rotatable bonds is 6. The van der Waals surface area contributed by atoms with E-state index < -0.39 is 5.97 Å². The number of carbonyl (C=O) groups excluding carboxylic acids is 2. The number of hydrogen-bond acceptors (Lipinski definition) is 6. The summed E-state index contributed by atoms with van der Waals surface area (Å²) >= 11 is 11.0. The Labute approximate surface area is 169 Å². The summed E-state index contributed by atoms with van der Waals surface area (Å²) in [6, 6.07) is 3.44. The van der Waals surface area contributed by atoms with Gasteiger partial charge >= 0.3 is 5.97 Å². The second-order valence-corrected chi connectivity index (χ2v) is 7.37. The van der Waals surface area contributed by atoms with E-state index in [9.17, 15) is 9.59 Å². The third-order valence-electron chi connectivity index (χ3n) is 3.38. The molecule has 0 radical (unpaired) electrons. The molecule has 0 N–H and O–H groups in total. The molecule has 0 saturated carbocycles. The molecule has 0 atom stereocenters. The molecule has 0 unspecified atom stereocenters. The first kappa shape index (κ1) is 20.8. The van der Waals surface area contributed by atoms with Crippen molar-refractivity contribution in [2.75, 3.05) is 26.8 Å². The molecule has 1 heterocycles. The molecule has 0 aliphatic carbocycles. The average molecular weight is 462 g/mol. The van der Waals surface area contributed by atoms with Gasteiger partial charge in [0, 0.05) is 13.1 Å². The smallest absolute Gasteiger partial charge is 0.343 e. The van der Waals surface area contributed by atoms with Gasteiger partial charge in [0.15, 0.2) is 17.5 Å². The predicted molar refractivity (Wildman–Crippen MR) is 108 cm³/mol. The third kappa shape index (κ3) is 4.81. The maximum Gasteiger partial charge on any atom is 0.343 e. The Hall–Kier alpha value is -1.51. The standard InChI is InChI=1S/C17H18BrClN2O4S/c1-4-20-17-21(5-2)16(23)13(26-17)8-10-6-11(18)15(12(19)7-10)25-9-14(22)24-3/h6-8H,4-5,9H2,1-3H3/b13-8+,20-17?. The van der Waals surface area contributed by atoms with Crippen molar-refractivity contribution in [1.82, 2.24) is 4.90 Å². The van der Waals surface area contributed by atoms with Crippen molar-refractivity contribution < 1.29 is 19.1 Å². The van der Waals surface area contributed by atoms with Crippen LogP contribution in [0.15, 0.2) is 26.5 Å². The molecule has 2 rings (SSSR count). The van der Waals surface area contributed by atoms with Crippen molar-refractivity contribution in [3.05, 3.63) is 32.1 Å². The minimum Gasteiger partial charge on any atom is -0.479 e.